The summed E-state index contributed by atoms with van der Waals surface area (Å²) in [4.78, 5) is 21.9. The van der Waals surface area contributed by atoms with E-state index in [1.165, 1.54) is 0 Å². The van der Waals surface area contributed by atoms with Crippen LogP contribution in [0.15, 0.2) is 42.5 Å². The van der Waals surface area contributed by atoms with Crippen molar-refractivity contribution in [3.8, 4) is 11.1 Å². The van der Waals surface area contributed by atoms with E-state index in [4.69, 9.17) is 10.2 Å². The molecular formula is C16H14O4. The van der Waals surface area contributed by atoms with E-state index in [1.807, 2.05) is 12.1 Å². The number of aliphatic carboxylic acids is 1. The molecule has 0 aromatic heterocycles. The first-order valence-electron chi connectivity index (χ1n) is 6.12. The van der Waals surface area contributed by atoms with Crippen molar-refractivity contribution >= 4 is 11.9 Å². The maximum Gasteiger partial charge on any atom is 0.335 e. The van der Waals surface area contributed by atoms with E-state index >= 15 is 0 Å². The molecule has 2 N–H and O–H groups in total. The number of hydrogen-bond acceptors (Lipinski definition) is 2. The number of carbonyl (C=O) groups is 2. The van der Waals surface area contributed by atoms with Gasteiger partial charge < -0.3 is 10.2 Å². The molecule has 102 valence electrons. The highest BCUT2D eigenvalue weighted by atomic mass is 16.4. The second-order valence-corrected chi connectivity index (χ2v) is 4.61. The van der Waals surface area contributed by atoms with Gasteiger partial charge in [-0.2, -0.15) is 0 Å². The third kappa shape index (κ3) is 3.03. The van der Waals surface area contributed by atoms with Gasteiger partial charge in [0.1, 0.15) is 0 Å². The number of aryl methyl sites for hydroxylation is 1. The summed E-state index contributed by atoms with van der Waals surface area (Å²) in [5.41, 5.74) is 3.22. The van der Waals surface area contributed by atoms with Crippen LogP contribution in [0.1, 0.15) is 21.5 Å². The smallest absolute Gasteiger partial charge is 0.335 e. The average molecular weight is 270 g/mol. The van der Waals surface area contributed by atoms with E-state index in [-0.39, 0.29) is 12.0 Å². The minimum atomic E-state index is -0.967. The maximum absolute atomic E-state index is 11.1. The molecule has 0 fully saturated rings. The minimum Gasteiger partial charge on any atom is -0.481 e. The van der Waals surface area contributed by atoms with E-state index in [2.05, 4.69) is 0 Å². The standard InChI is InChI=1S/C16H14O4/c1-10-5-6-13(9-14(10)16(19)20)12-4-2-3-11(7-12)8-15(17)18/h2-7,9H,8H2,1H3,(H,17,18)(H,19,20). The SMILES string of the molecule is Cc1ccc(-c2cccc(CC(=O)O)c2)cc1C(=O)O. The zero-order valence-corrected chi connectivity index (χ0v) is 11.0. The highest BCUT2D eigenvalue weighted by Gasteiger charge is 2.09. The van der Waals surface area contributed by atoms with Crippen LogP contribution >= 0.6 is 0 Å². The average Bonchev–Trinajstić information content (AvgIpc) is 2.38. The normalized spacial score (nSPS) is 10.2. The molecule has 0 heterocycles. The second-order valence-electron chi connectivity index (χ2n) is 4.61. The van der Waals surface area contributed by atoms with Crippen LogP contribution in [0, 0.1) is 6.92 Å². The zero-order chi connectivity index (χ0) is 14.7. The third-order valence-corrected chi connectivity index (χ3v) is 3.08. The molecule has 0 radical (unpaired) electrons. The Bertz CT molecular complexity index is 674. The Labute approximate surface area is 116 Å². The molecule has 20 heavy (non-hydrogen) atoms. The van der Waals surface area contributed by atoms with Crippen LogP contribution < -0.4 is 0 Å². The first-order valence-corrected chi connectivity index (χ1v) is 6.12. The third-order valence-electron chi connectivity index (χ3n) is 3.08. The van der Waals surface area contributed by atoms with Crippen molar-refractivity contribution in [1.82, 2.24) is 0 Å². The van der Waals surface area contributed by atoms with Gasteiger partial charge in [-0.1, -0.05) is 36.4 Å². The summed E-state index contributed by atoms with van der Waals surface area (Å²) in [6, 6.07) is 12.3. The fraction of sp³-hybridized carbons (Fsp3) is 0.125. The molecule has 0 unspecified atom stereocenters. The number of benzene rings is 2. The summed E-state index contributed by atoms with van der Waals surface area (Å²) in [7, 11) is 0. The van der Waals surface area contributed by atoms with Crippen LogP contribution in [0.5, 0.6) is 0 Å². The first kappa shape index (κ1) is 13.8. The summed E-state index contributed by atoms with van der Waals surface area (Å²) in [5.74, 6) is -1.86. The van der Waals surface area contributed by atoms with Gasteiger partial charge in [0.25, 0.3) is 0 Å². The fourth-order valence-electron chi connectivity index (χ4n) is 2.07. The van der Waals surface area contributed by atoms with E-state index in [0.717, 1.165) is 11.1 Å². The Hall–Kier alpha value is -2.62. The van der Waals surface area contributed by atoms with Crippen molar-refractivity contribution in [2.75, 3.05) is 0 Å². The molecule has 0 bridgehead atoms. The van der Waals surface area contributed by atoms with Crippen molar-refractivity contribution in [1.29, 1.82) is 0 Å². The van der Waals surface area contributed by atoms with Gasteiger partial charge in [-0.3, -0.25) is 4.79 Å². The molecule has 0 aliphatic carbocycles. The lowest BCUT2D eigenvalue weighted by molar-refractivity contribution is -0.136. The lowest BCUT2D eigenvalue weighted by atomic mass is 9.98. The number of aromatic carboxylic acids is 1. The number of rotatable bonds is 4. The molecule has 0 aliphatic rings. The summed E-state index contributed by atoms with van der Waals surface area (Å²) < 4.78 is 0. The molecular weight excluding hydrogens is 256 g/mol. The van der Waals surface area contributed by atoms with Crippen molar-refractivity contribution in [2.24, 2.45) is 0 Å². The number of hydrogen-bond donors (Lipinski definition) is 2. The van der Waals surface area contributed by atoms with Gasteiger partial charge in [0, 0.05) is 0 Å². The van der Waals surface area contributed by atoms with Gasteiger partial charge in [0.05, 0.1) is 12.0 Å². The minimum absolute atomic E-state index is 0.0501. The topological polar surface area (TPSA) is 74.6 Å². The summed E-state index contributed by atoms with van der Waals surface area (Å²) in [5, 5.41) is 17.9. The van der Waals surface area contributed by atoms with Gasteiger partial charge in [0.2, 0.25) is 0 Å². The molecule has 0 aliphatic heterocycles. The second kappa shape index (κ2) is 5.57. The van der Waals surface area contributed by atoms with Crippen LogP contribution in [-0.2, 0) is 11.2 Å². The molecule has 4 nitrogen and oxygen atoms in total. The number of carboxylic acid groups (broad SMARTS) is 2. The maximum atomic E-state index is 11.1. The summed E-state index contributed by atoms with van der Waals surface area (Å²) in [6.07, 6.45) is -0.0501. The highest BCUT2D eigenvalue weighted by molar-refractivity contribution is 5.91. The molecule has 0 saturated carbocycles. The lowest BCUT2D eigenvalue weighted by Crippen LogP contribution is -2.01. The van der Waals surface area contributed by atoms with Crippen LogP contribution in [0.4, 0.5) is 0 Å². The predicted octanol–water partition coefficient (Wildman–Crippen LogP) is 2.99. The predicted molar refractivity (Wildman–Crippen MR) is 74.9 cm³/mol. The Morgan fingerprint density at radius 1 is 1.00 bits per heavy atom. The van der Waals surface area contributed by atoms with Crippen molar-refractivity contribution < 1.29 is 19.8 Å². The fourth-order valence-corrected chi connectivity index (χ4v) is 2.07. The molecule has 0 saturated heterocycles. The molecule has 2 aromatic carbocycles. The van der Waals surface area contributed by atoms with Crippen molar-refractivity contribution in [3.05, 3.63) is 59.2 Å². The summed E-state index contributed by atoms with van der Waals surface area (Å²) in [6.45, 7) is 1.74. The van der Waals surface area contributed by atoms with E-state index in [1.54, 1.807) is 37.3 Å². The molecule has 0 atom stereocenters. The number of carboxylic acids is 2. The molecule has 2 rings (SSSR count). The van der Waals surface area contributed by atoms with Gasteiger partial charge in [-0.15, -0.1) is 0 Å². The summed E-state index contributed by atoms with van der Waals surface area (Å²) >= 11 is 0. The molecule has 0 amide bonds. The first-order chi connectivity index (χ1) is 9.47. The van der Waals surface area contributed by atoms with Crippen molar-refractivity contribution in [2.45, 2.75) is 13.3 Å². The monoisotopic (exact) mass is 270 g/mol. The van der Waals surface area contributed by atoms with E-state index in [0.29, 0.717) is 11.1 Å². The largest absolute Gasteiger partial charge is 0.481 e. The Kier molecular flexibility index (Phi) is 3.84. The highest BCUT2D eigenvalue weighted by Crippen LogP contribution is 2.23. The molecule has 4 heteroatoms. The van der Waals surface area contributed by atoms with Gasteiger partial charge >= 0.3 is 11.9 Å². The zero-order valence-electron chi connectivity index (χ0n) is 11.0. The molecule has 2 aromatic rings. The van der Waals surface area contributed by atoms with Crippen molar-refractivity contribution in [3.63, 3.8) is 0 Å². The van der Waals surface area contributed by atoms with Crippen LogP contribution in [0.2, 0.25) is 0 Å². The van der Waals surface area contributed by atoms with Gasteiger partial charge in [0.15, 0.2) is 0 Å². The van der Waals surface area contributed by atoms with Gasteiger partial charge in [-0.05, 0) is 35.2 Å². The Morgan fingerprint density at radius 2 is 1.70 bits per heavy atom. The van der Waals surface area contributed by atoms with Crippen LogP contribution in [0.3, 0.4) is 0 Å². The van der Waals surface area contributed by atoms with Crippen LogP contribution in [0.25, 0.3) is 11.1 Å². The van der Waals surface area contributed by atoms with E-state index in [9.17, 15) is 9.59 Å². The van der Waals surface area contributed by atoms with Crippen LogP contribution in [-0.4, -0.2) is 22.2 Å². The van der Waals surface area contributed by atoms with Gasteiger partial charge in [-0.25, -0.2) is 4.79 Å². The Balaban J connectivity index is 2.43. The molecule has 0 spiro atoms. The van der Waals surface area contributed by atoms with E-state index < -0.39 is 11.9 Å². The quantitative estimate of drug-likeness (QED) is 0.895. The Morgan fingerprint density at radius 3 is 2.35 bits per heavy atom. The lowest BCUT2D eigenvalue weighted by Gasteiger charge is -2.07.